The zero-order valence-corrected chi connectivity index (χ0v) is 17.5. The maximum atomic E-state index is 12.9. The van der Waals surface area contributed by atoms with Gasteiger partial charge in [0, 0.05) is 36.8 Å². The fraction of sp³-hybridized carbons (Fsp3) is 0.238. The number of ether oxygens (including phenoxy) is 1. The van der Waals surface area contributed by atoms with E-state index in [0.717, 1.165) is 5.56 Å². The molecule has 2 heterocycles. The first kappa shape index (κ1) is 20.4. The first-order valence-electron chi connectivity index (χ1n) is 9.31. The zero-order chi connectivity index (χ0) is 21.3. The summed E-state index contributed by atoms with van der Waals surface area (Å²) in [5, 5.41) is 9.77. The number of amides is 1. The molecule has 1 saturated heterocycles. The molecule has 2 aromatic rings. The number of benzene rings is 2. The fourth-order valence-electron chi connectivity index (χ4n) is 3.53. The number of carbonyl (C=O) groups excluding carboxylic acids is 1. The second kappa shape index (κ2) is 8.11. The smallest absolute Gasteiger partial charge is 0.253 e. The van der Waals surface area contributed by atoms with Crippen LogP contribution in [0, 0.1) is 11.3 Å². The van der Waals surface area contributed by atoms with Crippen LogP contribution in [-0.4, -0.2) is 56.3 Å². The standard InChI is InChI=1S/C21H18ClN3O4S/c22-18-5-6-19-16(12-18)11-17(14-29-19)21(26)24-7-9-25(10-8-24)30(27,28)20-4-2-1-3-15(20)13-23/h1-6,11-12H,7-10,14H2. The lowest BCUT2D eigenvalue weighted by Crippen LogP contribution is -2.51. The molecule has 0 aromatic heterocycles. The molecule has 0 atom stereocenters. The molecule has 4 rings (SSSR count). The Morgan fingerprint density at radius 3 is 2.57 bits per heavy atom. The largest absolute Gasteiger partial charge is 0.488 e. The SMILES string of the molecule is N#Cc1ccccc1S(=O)(=O)N1CCN(C(=O)C2=Cc3cc(Cl)ccc3OC2)CC1. The summed E-state index contributed by atoms with van der Waals surface area (Å²) in [7, 11) is -3.80. The van der Waals surface area contributed by atoms with Gasteiger partial charge in [-0.3, -0.25) is 4.79 Å². The Bertz CT molecular complexity index is 1180. The van der Waals surface area contributed by atoms with Crippen LogP contribution in [0.4, 0.5) is 0 Å². The van der Waals surface area contributed by atoms with Crippen LogP contribution in [0.25, 0.3) is 6.08 Å². The van der Waals surface area contributed by atoms with Crippen molar-refractivity contribution in [3.63, 3.8) is 0 Å². The van der Waals surface area contributed by atoms with Crippen molar-refractivity contribution in [3.8, 4) is 11.8 Å². The number of carbonyl (C=O) groups is 1. The third-order valence-corrected chi connectivity index (χ3v) is 7.30. The van der Waals surface area contributed by atoms with E-state index >= 15 is 0 Å². The van der Waals surface area contributed by atoms with Gasteiger partial charge >= 0.3 is 0 Å². The number of fused-ring (bicyclic) bond motifs is 1. The topological polar surface area (TPSA) is 90.7 Å². The molecule has 0 N–H and O–H groups in total. The molecule has 0 radical (unpaired) electrons. The molecule has 2 aliphatic rings. The monoisotopic (exact) mass is 443 g/mol. The zero-order valence-electron chi connectivity index (χ0n) is 15.9. The van der Waals surface area contributed by atoms with Crippen LogP contribution in [0.15, 0.2) is 52.9 Å². The molecule has 7 nitrogen and oxygen atoms in total. The number of hydrogen-bond donors (Lipinski definition) is 0. The van der Waals surface area contributed by atoms with Gasteiger partial charge in [-0.2, -0.15) is 9.57 Å². The molecule has 154 valence electrons. The molecule has 0 saturated carbocycles. The molecule has 30 heavy (non-hydrogen) atoms. The number of piperazine rings is 1. The maximum Gasteiger partial charge on any atom is 0.253 e. The normalized spacial score (nSPS) is 16.8. The number of nitrogens with zero attached hydrogens (tertiary/aromatic N) is 3. The second-order valence-corrected chi connectivity index (χ2v) is 9.29. The number of sulfonamides is 1. The number of rotatable bonds is 3. The second-order valence-electron chi connectivity index (χ2n) is 6.94. The quantitative estimate of drug-likeness (QED) is 0.727. The van der Waals surface area contributed by atoms with E-state index in [1.165, 1.54) is 16.4 Å². The van der Waals surface area contributed by atoms with Gasteiger partial charge in [0.1, 0.15) is 18.4 Å². The fourth-order valence-corrected chi connectivity index (χ4v) is 5.27. The first-order chi connectivity index (χ1) is 14.4. The van der Waals surface area contributed by atoms with Gasteiger partial charge in [0.05, 0.1) is 16.0 Å². The summed E-state index contributed by atoms with van der Waals surface area (Å²) in [4.78, 5) is 14.5. The predicted octanol–water partition coefficient (Wildman–Crippen LogP) is 2.52. The highest BCUT2D eigenvalue weighted by Gasteiger charge is 2.32. The minimum atomic E-state index is -3.80. The van der Waals surface area contributed by atoms with Crippen LogP contribution < -0.4 is 4.74 Å². The van der Waals surface area contributed by atoms with Crippen LogP contribution in [0.2, 0.25) is 5.02 Å². The van der Waals surface area contributed by atoms with Crippen molar-refractivity contribution >= 4 is 33.6 Å². The van der Waals surface area contributed by atoms with E-state index in [1.54, 1.807) is 41.3 Å². The van der Waals surface area contributed by atoms with Crippen LogP contribution in [0.3, 0.4) is 0 Å². The Labute approximate surface area is 179 Å². The van der Waals surface area contributed by atoms with Gasteiger partial charge in [0.15, 0.2) is 0 Å². The molecular weight excluding hydrogens is 426 g/mol. The van der Waals surface area contributed by atoms with Crippen molar-refractivity contribution in [3.05, 3.63) is 64.2 Å². The third-order valence-electron chi connectivity index (χ3n) is 5.11. The van der Waals surface area contributed by atoms with Crippen LogP contribution in [0.1, 0.15) is 11.1 Å². The minimum absolute atomic E-state index is 0.0100. The molecule has 2 aromatic carbocycles. The van der Waals surface area contributed by atoms with Crippen molar-refractivity contribution in [2.45, 2.75) is 4.90 Å². The van der Waals surface area contributed by atoms with Crippen LogP contribution >= 0.6 is 11.6 Å². The van der Waals surface area contributed by atoms with E-state index in [9.17, 15) is 18.5 Å². The van der Waals surface area contributed by atoms with Crippen LogP contribution in [-0.2, 0) is 14.8 Å². The molecule has 9 heteroatoms. The summed E-state index contributed by atoms with van der Waals surface area (Å²) in [6.45, 7) is 0.982. The molecule has 0 aliphatic carbocycles. The highest BCUT2D eigenvalue weighted by Crippen LogP contribution is 2.30. The Morgan fingerprint density at radius 1 is 1.10 bits per heavy atom. The average molecular weight is 444 g/mol. The van der Waals surface area contributed by atoms with Gasteiger partial charge in [0.2, 0.25) is 10.0 Å². The Balaban J connectivity index is 1.47. The van der Waals surface area contributed by atoms with E-state index in [0.29, 0.717) is 16.3 Å². The highest BCUT2D eigenvalue weighted by molar-refractivity contribution is 7.89. The Kier molecular flexibility index (Phi) is 5.52. The molecular formula is C21H18ClN3O4S. The van der Waals surface area contributed by atoms with E-state index in [-0.39, 0.29) is 49.2 Å². The Hall–Kier alpha value is -2.86. The molecule has 2 aliphatic heterocycles. The van der Waals surface area contributed by atoms with Gasteiger partial charge < -0.3 is 9.64 Å². The molecule has 0 spiro atoms. The maximum absolute atomic E-state index is 12.9. The molecule has 1 fully saturated rings. The number of hydrogen-bond acceptors (Lipinski definition) is 5. The molecule has 0 unspecified atom stereocenters. The third kappa shape index (κ3) is 3.79. The van der Waals surface area contributed by atoms with Gasteiger partial charge in [-0.25, -0.2) is 8.42 Å². The van der Waals surface area contributed by atoms with E-state index in [1.807, 2.05) is 6.07 Å². The van der Waals surface area contributed by atoms with E-state index < -0.39 is 10.0 Å². The Morgan fingerprint density at radius 2 is 1.83 bits per heavy atom. The lowest BCUT2D eigenvalue weighted by atomic mass is 10.1. The summed E-state index contributed by atoms with van der Waals surface area (Å²) in [5.41, 5.74) is 1.35. The molecule has 0 bridgehead atoms. The number of nitriles is 1. The van der Waals surface area contributed by atoms with Crippen molar-refractivity contribution in [1.29, 1.82) is 5.26 Å². The van der Waals surface area contributed by atoms with Gasteiger partial charge in [0.25, 0.3) is 5.91 Å². The minimum Gasteiger partial charge on any atom is -0.488 e. The van der Waals surface area contributed by atoms with Crippen molar-refractivity contribution in [2.24, 2.45) is 0 Å². The highest BCUT2D eigenvalue weighted by atomic mass is 35.5. The van der Waals surface area contributed by atoms with Crippen molar-refractivity contribution < 1.29 is 17.9 Å². The van der Waals surface area contributed by atoms with Crippen molar-refractivity contribution in [1.82, 2.24) is 9.21 Å². The van der Waals surface area contributed by atoms with Gasteiger partial charge in [-0.05, 0) is 36.4 Å². The summed E-state index contributed by atoms with van der Waals surface area (Å²) in [6.07, 6.45) is 1.76. The first-order valence-corrected chi connectivity index (χ1v) is 11.1. The summed E-state index contributed by atoms with van der Waals surface area (Å²) in [5.74, 6) is 0.484. The van der Waals surface area contributed by atoms with Crippen LogP contribution in [0.5, 0.6) is 5.75 Å². The summed E-state index contributed by atoms with van der Waals surface area (Å²) >= 11 is 6.02. The van der Waals surface area contributed by atoms with Gasteiger partial charge in [-0.15, -0.1) is 0 Å². The van der Waals surface area contributed by atoms with E-state index in [4.69, 9.17) is 16.3 Å². The lowest BCUT2D eigenvalue weighted by molar-refractivity contribution is -0.128. The van der Waals surface area contributed by atoms with Crippen molar-refractivity contribution in [2.75, 3.05) is 32.8 Å². The molecule has 1 amide bonds. The summed E-state index contributed by atoms with van der Waals surface area (Å²) in [6, 6.07) is 13.3. The average Bonchev–Trinajstić information content (AvgIpc) is 2.78. The lowest BCUT2D eigenvalue weighted by Gasteiger charge is -2.35. The summed E-state index contributed by atoms with van der Waals surface area (Å²) < 4.78 is 32.8. The van der Waals surface area contributed by atoms with Gasteiger partial charge in [-0.1, -0.05) is 23.7 Å². The van der Waals surface area contributed by atoms with E-state index in [2.05, 4.69) is 0 Å². The number of halogens is 1. The predicted molar refractivity (Wildman–Crippen MR) is 111 cm³/mol.